The van der Waals surface area contributed by atoms with Crippen LogP contribution in [-0.4, -0.2) is 32.1 Å². The van der Waals surface area contributed by atoms with E-state index in [-0.39, 0.29) is 17.4 Å². The highest BCUT2D eigenvalue weighted by Gasteiger charge is 1.89. The first kappa shape index (κ1) is 10.7. The maximum atomic E-state index is 6.70. The third kappa shape index (κ3) is 4.20. The Morgan fingerprint density at radius 1 is 1.62 bits per heavy atom. The largest absolute Gasteiger partial charge is 0.412 e. The van der Waals surface area contributed by atoms with E-state index in [1.807, 2.05) is 0 Å². The van der Waals surface area contributed by atoms with Crippen LogP contribution in [0.25, 0.3) is 0 Å². The normalized spacial score (nSPS) is 9.23. The van der Waals surface area contributed by atoms with Gasteiger partial charge < -0.3 is 11.2 Å². The van der Waals surface area contributed by atoms with Crippen LogP contribution in [0, 0.1) is 5.41 Å². The van der Waals surface area contributed by atoms with Crippen molar-refractivity contribution in [2.75, 3.05) is 0 Å². The van der Waals surface area contributed by atoms with Crippen molar-refractivity contribution in [3.63, 3.8) is 0 Å². The molecule has 0 saturated heterocycles. The molecule has 11 nitrogen and oxygen atoms in total. The third-order valence-corrected chi connectivity index (χ3v) is 0.719. The summed E-state index contributed by atoms with van der Waals surface area (Å²) in [7, 11) is 0. The summed E-state index contributed by atoms with van der Waals surface area (Å²) in [5, 5.41) is 25.7. The van der Waals surface area contributed by atoms with Crippen LogP contribution in [0.5, 0.6) is 0 Å². The molecular weight excluding hydrogens is 180 g/mol. The van der Waals surface area contributed by atoms with Crippen molar-refractivity contribution in [3.8, 4) is 0 Å². The summed E-state index contributed by atoms with van der Waals surface area (Å²) in [4.78, 5) is 0. The number of hydrazine groups is 1. The van der Waals surface area contributed by atoms with Crippen LogP contribution in [0.15, 0.2) is 10.3 Å². The van der Waals surface area contributed by atoms with Crippen molar-refractivity contribution < 1.29 is 5.48 Å². The average Bonchev–Trinajstić information content (AvgIpc) is 2.49. The number of hydrogen-bond acceptors (Lipinski definition) is 6. The topological polar surface area (TPSA) is 185 Å². The number of hydrogen-bond donors (Lipinski definition) is 5. The molecule has 0 fully saturated rings. The van der Waals surface area contributed by atoms with Gasteiger partial charge in [0.25, 0.3) is 5.95 Å². The quantitative estimate of drug-likeness (QED) is 0.149. The highest BCUT2D eigenvalue weighted by atomic mass is 16.0. The predicted molar refractivity (Wildman–Crippen MR) is 40.5 cm³/mol. The van der Waals surface area contributed by atoms with Crippen molar-refractivity contribution in [3.05, 3.63) is 0 Å². The van der Waals surface area contributed by atoms with Crippen LogP contribution < -0.4 is 16.7 Å². The number of tetrazole rings is 1. The van der Waals surface area contributed by atoms with Crippen molar-refractivity contribution in [2.45, 2.75) is 0 Å². The van der Waals surface area contributed by atoms with Gasteiger partial charge in [-0.15, -0.1) is 0 Å². The molecule has 0 aliphatic rings. The molecule has 72 valence electrons. The van der Waals surface area contributed by atoms with Gasteiger partial charge in [0.15, 0.2) is 0 Å². The lowest BCUT2D eigenvalue weighted by Gasteiger charge is -1.97. The van der Waals surface area contributed by atoms with Gasteiger partial charge in [0.2, 0.25) is 5.96 Å². The first-order valence-corrected chi connectivity index (χ1v) is 2.78. The molecule has 0 aliphatic carbocycles. The van der Waals surface area contributed by atoms with Gasteiger partial charge in [-0.2, -0.15) is 5.53 Å². The maximum absolute atomic E-state index is 6.70. The summed E-state index contributed by atoms with van der Waals surface area (Å²) in [6.07, 6.45) is 0. The standard InChI is InChI=1S/C2H6N10.H2O/c3-1(4)5-9-10-6-2-7-11-12-8-2;/h(H4,3,4,5,10)(H2,6,7,8,9,11,12);1H2. The highest BCUT2D eigenvalue weighted by Crippen LogP contribution is 1.94. The van der Waals surface area contributed by atoms with E-state index >= 15 is 0 Å². The van der Waals surface area contributed by atoms with Crippen LogP contribution in [0.3, 0.4) is 0 Å². The number of H-pyrrole nitrogens is 1. The van der Waals surface area contributed by atoms with E-state index in [1.165, 1.54) is 0 Å². The summed E-state index contributed by atoms with van der Waals surface area (Å²) >= 11 is 0. The number of nitrogens with zero attached hydrogens (tertiary/aromatic N) is 5. The van der Waals surface area contributed by atoms with E-state index in [1.54, 1.807) is 0 Å². The number of aromatic nitrogens is 4. The predicted octanol–water partition coefficient (Wildman–Crippen LogP) is -2.64. The van der Waals surface area contributed by atoms with Gasteiger partial charge in [0.1, 0.15) is 0 Å². The molecule has 0 aliphatic heterocycles. The Hall–Kier alpha value is -2.30. The summed E-state index contributed by atoms with van der Waals surface area (Å²) in [5.74, 6) is -0.127. The smallest absolute Gasteiger partial charge is 0.287 e. The van der Waals surface area contributed by atoms with Crippen molar-refractivity contribution in [1.29, 1.82) is 5.41 Å². The first-order valence-electron chi connectivity index (χ1n) is 2.78. The minimum Gasteiger partial charge on any atom is -0.412 e. The number of aromatic amines is 1. The van der Waals surface area contributed by atoms with Gasteiger partial charge in [-0.1, -0.05) is 15.4 Å². The van der Waals surface area contributed by atoms with Crippen LogP contribution in [-0.2, 0) is 0 Å². The average molecular weight is 188 g/mol. The van der Waals surface area contributed by atoms with Gasteiger partial charge in [0, 0.05) is 0 Å². The fourth-order valence-electron chi connectivity index (χ4n) is 0.354. The second-order valence-corrected chi connectivity index (χ2v) is 1.58. The zero-order chi connectivity index (χ0) is 8.81. The van der Waals surface area contributed by atoms with Crippen LogP contribution in [0.2, 0.25) is 0 Å². The van der Waals surface area contributed by atoms with E-state index in [4.69, 9.17) is 11.1 Å². The molecular formula is C2H8N10O. The molecule has 1 aromatic rings. The Morgan fingerprint density at radius 3 is 2.92 bits per heavy atom. The molecule has 0 bridgehead atoms. The summed E-state index contributed by atoms with van der Waals surface area (Å²) in [6.45, 7) is 0. The molecule has 8 N–H and O–H groups in total. The maximum Gasteiger partial charge on any atom is 0.287 e. The van der Waals surface area contributed by atoms with Crippen LogP contribution in [0.4, 0.5) is 5.95 Å². The van der Waals surface area contributed by atoms with Crippen molar-refractivity contribution in [2.24, 2.45) is 16.1 Å². The van der Waals surface area contributed by atoms with Gasteiger partial charge in [-0.3, -0.25) is 10.8 Å². The Bertz CT molecular complexity index is 262. The highest BCUT2D eigenvalue weighted by molar-refractivity contribution is 5.73. The molecule has 1 heterocycles. The third-order valence-electron chi connectivity index (χ3n) is 0.719. The summed E-state index contributed by atoms with van der Waals surface area (Å²) in [5.41, 5.74) is 9.25. The van der Waals surface area contributed by atoms with Crippen molar-refractivity contribution in [1.82, 2.24) is 31.6 Å². The molecule has 1 rings (SSSR count). The molecule has 0 radical (unpaired) electrons. The molecule has 13 heavy (non-hydrogen) atoms. The Morgan fingerprint density at radius 2 is 2.38 bits per heavy atom. The van der Waals surface area contributed by atoms with E-state index in [9.17, 15) is 0 Å². The summed E-state index contributed by atoms with van der Waals surface area (Å²) in [6, 6.07) is 0. The molecule has 0 atom stereocenters. The second-order valence-electron chi connectivity index (χ2n) is 1.58. The monoisotopic (exact) mass is 188 g/mol. The van der Waals surface area contributed by atoms with E-state index in [0.717, 1.165) is 0 Å². The fourth-order valence-corrected chi connectivity index (χ4v) is 0.354. The van der Waals surface area contributed by atoms with E-state index < -0.39 is 0 Å². The van der Waals surface area contributed by atoms with E-state index in [0.29, 0.717) is 0 Å². The number of nitrogens with one attached hydrogen (secondary N) is 4. The molecule has 0 aromatic carbocycles. The molecule has 11 heteroatoms. The van der Waals surface area contributed by atoms with Crippen LogP contribution >= 0.6 is 0 Å². The molecule has 0 amide bonds. The number of guanidine groups is 1. The zero-order valence-electron chi connectivity index (χ0n) is 6.31. The number of nitrogens with two attached hydrogens (primary N) is 1. The van der Waals surface area contributed by atoms with Crippen molar-refractivity contribution >= 4 is 11.9 Å². The Labute approximate surface area is 71.6 Å². The first-order chi connectivity index (χ1) is 5.79. The van der Waals surface area contributed by atoms with Gasteiger partial charge in [-0.25, -0.2) is 5.10 Å². The lowest BCUT2D eigenvalue weighted by atomic mass is 11.1. The fraction of sp³-hybridized carbons (Fsp3) is 0. The van der Waals surface area contributed by atoms with Gasteiger partial charge >= 0.3 is 0 Å². The Kier molecular flexibility index (Phi) is 4.41. The zero-order valence-corrected chi connectivity index (χ0v) is 6.31. The minimum absolute atomic E-state index is 0. The Balaban J connectivity index is 0.00000144. The minimum atomic E-state index is -0.273. The SMILES string of the molecule is N=C(N)NNN=Nc1nnn[nH]1.O. The molecule has 1 aromatic heterocycles. The lowest BCUT2D eigenvalue weighted by Crippen LogP contribution is -2.38. The van der Waals surface area contributed by atoms with Gasteiger partial charge in [0.05, 0.1) is 0 Å². The van der Waals surface area contributed by atoms with Crippen LogP contribution in [0.1, 0.15) is 0 Å². The molecule has 0 saturated carbocycles. The summed E-state index contributed by atoms with van der Waals surface area (Å²) < 4.78 is 0. The van der Waals surface area contributed by atoms with E-state index in [2.05, 4.69) is 41.9 Å². The molecule has 0 spiro atoms. The number of rotatable bonds is 3. The van der Waals surface area contributed by atoms with Gasteiger partial charge in [-0.05, 0) is 10.4 Å². The second kappa shape index (κ2) is 5.36. The lowest BCUT2D eigenvalue weighted by molar-refractivity contribution is 0.648. The molecule has 0 unspecified atom stereocenters.